The summed E-state index contributed by atoms with van der Waals surface area (Å²) in [5, 5.41) is 8.67. The van der Waals surface area contributed by atoms with Crippen LogP contribution in [0.25, 0.3) is 11.1 Å². The van der Waals surface area contributed by atoms with Crippen molar-refractivity contribution in [3.05, 3.63) is 60.2 Å². The topological polar surface area (TPSA) is 63.3 Å². The second-order valence-corrected chi connectivity index (χ2v) is 4.63. The van der Waals surface area contributed by atoms with Crippen molar-refractivity contribution in [3.63, 3.8) is 0 Å². The number of aliphatic carboxylic acids is 1. The van der Waals surface area contributed by atoms with Crippen molar-refractivity contribution >= 4 is 18.4 Å². The van der Waals surface area contributed by atoms with Gasteiger partial charge in [0.1, 0.15) is 0 Å². The molecule has 0 bridgehead atoms. The van der Waals surface area contributed by atoms with Crippen LogP contribution in [-0.2, 0) is 11.2 Å². The Morgan fingerprint density at radius 2 is 1.55 bits per heavy atom. The lowest BCUT2D eigenvalue weighted by atomic mass is 10.00. The number of carboxylic acid groups (broad SMARTS) is 1. The molecule has 3 N–H and O–H groups in total. The lowest BCUT2D eigenvalue weighted by Gasteiger charge is -2.09. The van der Waals surface area contributed by atoms with Crippen molar-refractivity contribution < 1.29 is 9.90 Å². The van der Waals surface area contributed by atoms with Gasteiger partial charge in [0.25, 0.3) is 0 Å². The normalized spacial score (nSPS) is 11.4. The van der Waals surface area contributed by atoms with Gasteiger partial charge in [-0.15, -0.1) is 12.4 Å². The van der Waals surface area contributed by atoms with Gasteiger partial charge in [-0.2, -0.15) is 0 Å². The number of hydrogen-bond donors (Lipinski definition) is 2. The molecule has 4 heteroatoms. The van der Waals surface area contributed by atoms with Crippen LogP contribution >= 0.6 is 12.4 Å². The summed E-state index contributed by atoms with van der Waals surface area (Å²) in [4.78, 5) is 10.6. The second kappa shape index (κ2) is 7.68. The number of hydrogen-bond acceptors (Lipinski definition) is 2. The van der Waals surface area contributed by atoms with Crippen molar-refractivity contribution in [2.75, 3.05) is 0 Å². The third kappa shape index (κ3) is 4.68. The van der Waals surface area contributed by atoms with Crippen LogP contribution in [0.1, 0.15) is 12.0 Å². The molecule has 0 aliphatic rings. The highest BCUT2D eigenvalue weighted by Gasteiger charge is 2.08. The van der Waals surface area contributed by atoms with Crippen LogP contribution in [0.4, 0.5) is 0 Å². The number of carboxylic acids is 1. The first kappa shape index (κ1) is 16.2. The fourth-order valence-corrected chi connectivity index (χ4v) is 2.06. The Bertz CT molecular complexity index is 540. The van der Waals surface area contributed by atoms with Gasteiger partial charge in [0.15, 0.2) is 0 Å². The van der Waals surface area contributed by atoms with Crippen molar-refractivity contribution in [2.45, 2.75) is 18.9 Å². The maximum atomic E-state index is 10.6. The minimum absolute atomic E-state index is 0. The first-order valence-electron chi connectivity index (χ1n) is 6.27. The van der Waals surface area contributed by atoms with Gasteiger partial charge in [0.05, 0.1) is 6.42 Å². The molecular weight excluding hydrogens is 274 g/mol. The summed E-state index contributed by atoms with van der Waals surface area (Å²) >= 11 is 0. The van der Waals surface area contributed by atoms with Crippen LogP contribution in [0.15, 0.2) is 54.6 Å². The summed E-state index contributed by atoms with van der Waals surface area (Å²) in [5.41, 5.74) is 9.16. The SMILES string of the molecule is Cl.NC(CC(=O)O)Cc1ccc(-c2ccccc2)cc1. The molecule has 20 heavy (non-hydrogen) atoms. The highest BCUT2D eigenvalue weighted by atomic mass is 35.5. The van der Waals surface area contributed by atoms with Gasteiger partial charge in [-0.3, -0.25) is 4.79 Å². The van der Waals surface area contributed by atoms with E-state index in [0.29, 0.717) is 6.42 Å². The third-order valence-electron chi connectivity index (χ3n) is 3.00. The zero-order valence-corrected chi connectivity index (χ0v) is 11.8. The fraction of sp³-hybridized carbons (Fsp3) is 0.188. The van der Waals surface area contributed by atoms with E-state index >= 15 is 0 Å². The van der Waals surface area contributed by atoms with Crippen LogP contribution in [0.2, 0.25) is 0 Å². The van der Waals surface area contributed by atoms with E-state index in [9.17, 15) is 4.79 Å². The highest BCUT2D eigenvalue weighted by molar-refractivity contribution is 5.85. The van der Waals surface area contributed by atoms with Crippen molar-refractivity contribution in [3.8, 4) is 11.1 Å². The van der Waals surface area contributed by atoms with Gasteiger partial charge in [0.2, 0.25) is 0 Å². The zero-order valence-electron chi connectivity index (χ0n) is 11.0. The standard InChI is InChI=1S/C16H17NO2.ClH/c17-15(11-16(18)19)10-12-6-8-14(9-7-12)13-4-2-1-3-5-13;/h1-9,15H,10-11,17H2,(H,18,19);1H. The molecule has 0 saturated heterocycles. The van der Waals surface area contributed by atoms with E-state index in [1.54, 1.807) is 0 Å². The second-order valence-electron chi connectivity index (χ2n) is 4.63. The van der Waals surface area contributed by atoms with E-state index in [0.717, 1.165) is 11.1 Å². The minimum Gasteiger partial charge on any atom is -0.481 e. The molecule has 1 unspecified atom stereocenters. The largest absolute Gasteiger partial charge is 0.481 e. The number of halogens is 1. The first-order valence-corrected chi connectivity index (χ1v) is 6.27. The number of carbonyl (C=O) groups is 1. The van der Waals surface area contributed by atoms with Gasteiger partial charge in [0, 0.05) is 6.04 Å². The molecule has 3 nitrogen and oxygen atoms in total. The molecule has 2 aromatic rings. The van der Waals surface area contributed by atoms with Gasteiger partial charge in [-0.25, -0.2) is 0 Å². The van der Waals surface area contributed by atoms with E-state index in [1.165, 1.54) is 5.56 Å². The van der Waals surface area contributed by atoms with E-state index in [2.05, 4.69) is 12.1 Å². The molecule has 1 atom stereocenters. The number of benzene rings is 2. The molecule has 0 aromatic heterocycles. The fourth-order valence-electron chi connectivity index (χ4n) is 2.06. The summed E-state index contributed by atoms with van der Waals surface area (Å²) in [5.74, 6) is -0.853. The maximum Gasteiger partial charge on any atom is 0.304 e. The molecule has 106 valence electrons. The molecule has 0 heterocycles. The molecule has 2 rings (SSSR count). The average molecular weight is 292 g/mol. The predicted molar refractivity (Wildman–Crippen MR) is 83.1 cm³/mol. The molecule has 0 radical (unpaired) electrons. The lowest BCUT2D eigenvalue weighted by molar-refractivity contribution is -0.137. The van der Waals surface area contributed by atoms with Crippen molar-refractivity contribution in [1.82, 2.24) is 0 Å². The summed E-state index contributed by atoms with van der Waals surface area (Å²) in [6, 6.07) is 17.9. The van der Waals surface area contributed by atoms with Crippen molar-refractivity contribution in [2.24, 2.45) is 5.73 Å². The van der Waals surface area contributed by atoms with E-state index in [1.807, 2.05) is 42.5 Å². The van der Waals surface area contributed by atoms with E-state index < -0.39 is 5.97 Å². The number of nitrogens with two attached hydrogens (primary N) is 1. The average Bonchev–Trinajstić information content (AvgIpc) is 2.39. The van der Waals surface area contributed by atoms with Gasteiger partial charge in [-0.1, -0.05) is 54.6 Å². The summed E-state index contributed by atoms with van der Waals surface area (Å²) in [6.45, 7) is 0. The Balaban J connectivity index is 0.00000200. The Labute approximate surface area is 124 Å². The summed E-state index contributed by atoms with van der Waals surface area (Å²) < 4.78 is 0. The molecule has 0 amide bonds. The molecule has 0 fully saturated rings. The maximum absolute atomic E-state index is 10.6. The van der Waals surface area contributed by atoms with Gasteiger partial charge in [-0.05, 0) is 23.1 Å². The third-order valence-corrected chi connectivity index (χ3v) is 3.00. The molecule has 0 spiro atoms. The van der Waals surface area contributed by atoms with Crippen LogP contribution in [0.5, 0.6) is 0 Å². The number of rotatable bonds is 5. The van der Waals surface area contributed by atoms with Gasteiger partial charge < -0.3 is 10.8 Å². The summed E-state index contributed by atoms with van der Waals surface area (Å²) in [6.07, 6.45) is 0.585. The molecule has 0 aliphatic carbocycles. The Morgan fingerprint density at radius 3 is 2.10 bits per heavy atom. The monoisotopic (exact) mass is 291 g/mol. The quantitative estimate of drug-likeness (QED) is 0.889. The van der Waals surface area contributed by atoms with Crippen LogP contribution < -0.4 is 5.73 Å². The molecule has 0 aliphatic heterocycles. The Kier molecular flexibility index (Phi) is 6.22. The highest BCUT2D eigenvalue weighted by Crippen LogP contribution is 2.19. The molecule has 2 aromatic carbocycles. The predicted octanol–water partition coefficient (Wildman–Crippen LogP) is 3.12. The molecular formula is C16H18ClNO2. The minimum atomic E-state index is -0.853. The van der Waals surface area contributed by atoms with Crippen LogP contribution in [-0.4, -0.2) is 17.1 Å². The van der Waals surface area contributed by atoms with Crippen LogP contribution in [0, 0.1) is 0 Å². The Morgan fingerprint density at radius 1 is 1.00 bits per heavy atom. The Hall–Kier alpha value is -1.84. The van der Waals surface area contributed by atoms with Gasteiger partial charge >= 0.3 is 5.97 Å². The lowest BCUT2D eigenvalue weighted by Crippen LogP contribution is -2.26. The van der Waals surface area contributed by atoms with Crippen molar-refractivity contribution in [1.29, 1.82) is 0 Å². The van der Waals surface area contributed by atoms with E-state index in [4.69, 9.17) is 10.8 Å². The van der Waals surface area contributed by atoms with Crippen LogP contribution in [0.3, 0.4) is 0 Å². The molecule has 0 saturated carbocycles. The smallest absolute Gasteiger partial charge is 0.304 e. The van der Waals surface area contributed by atoms with E-state index in [-0.39, 0.29) is 24.9 Å². The first-order chi connectivity index (χ1) is 9.15. The zero-order chi connectivity index (χ0) is 13.7. The summed E-state index contributed by atoms with van der Waals surface area (Å²) in [7, 11) is 0.